The molecule has 0 bridgehead atoms. The Morgan fingerprint density at radius 2 is 2.31 bits per heavy atom. The molecule has 2 rings (SSSR count). The maximum atomic E-state index is 5.90. The molecular formula is C7H4BrClN2S2. The van der Waals surface area contributed by atoms with Crippen molar-refractivity contribution < 1.29 is 0 Å². The predicted molar refractivity (Wildman–Crippen MR) is 62.5 cm³/mol. The molecule has 2 nitrogen and oxygen atoms in total. The molecule has 0 spiro atoms. The van der Waals surface area contributed by atoms with Crippen molar-refractivity contribution in [2.75, 3.05) is 5.73 Å². The van der Waals surface area contributed by atoms with Gasteiger partial charge in [-0.15, -0.1) is 22.7 Å². The van der Waals surface area contributed by atoms with Crippen LogP contribution in [0.4, 0.5) is 5.13 Å². The normalized spacial score (nSPS) is 10.6. The number of rotatable bonds is 1. The highest BCUT2D eigenvalue weighted by atomic mass is 79.9. The van der Waals surface area contributed by atoms with Gasteiger partial charge >= 0.3 is 0 Å². The topological polar surface area (TPSA) is 38.9 Å². The number of nitrogen functional groups attached to an aromatic ring is 1. The predicted octanol–water partition coefficient (Wildman–Crippen LogP) is 3.87. The Bertz CT molecular complexity index is 418. The minimum Gasteiger partial charge on any atom is -0.375 e. The molecule has 2 aromatic rings. The highest BCUT2D eigenvalue weighted by molar-refractivity contribution is 9.10. The summed E-state index contributed by atoms with van der Waals surface area (Å²) in [6.07, 6.45) is 0. The van der Waals surface area contributed by atoms with Gasteiger partial charge in [-0.25, -0.2) is 4.98 Å². The van der Waals surface area contributed by atoms with Crippen LogP contribution in [0.3, 0.4) is 0 Å². The Morgan fingerprint density at radius 1 is 1.54 bits per heavy atom. The number of anilines is 1. The van der Waals surface area contributed by atoms with Crippen LogP contribution in [0.25, 0.3) is 10.6 Å². The van der Waals surface area contributed by atoms with E-state index in [0.717, 1.165) is 19.4 Å². The fraction of sp³-hybridized carbons (Fsp3) is 0. The molecule has 0 saturated heterocycles. The summed E-state index contributed by atoms with van der Waals surface area (Å²) < 4.78 is 1.64. The number of nitrogens with zero attached hydrogens (tertiary/aromatic N) is 1. The molecule has 0 saturated carbocycles. The van der Waals surface area contributed by atoms with Crippen LogP contribution in [-0.4, -0.2) is 4.98 Å². The summed E-state index contributed by atoms with van der Waals surface area (Å²) in [5.41, 5.74) is 6.42. The van der Waals surface area contributed by atoms with Crippen molar-refractivity contribution in [2.24, 2.45) is 0 Å². The number of thiazole rings is 1. The molecule has 2 N–H and O–H groups in total. The van der Waals surface area contributed by atoms with Gasteiger partial charge in [-0.3, -0.25) is 0 Å². The zero-order chi connectivity index (χ0) is 9.42. The molecule has 0 aromatic carbocycles. The van der Waals surface area contributed by atoms with Crippen molar-refractivity contribution >= 4 is 55.3 Å². The van der Waals surface area contributed by atoms with Gasteiger partial charge in [0.25, 0.3) is 0 Å². The number of nitrogens with two attached hydrogens (primary N) is 1. The van der Waals surface area contributed by atoms with Gasteiger partial charge < -0.3 is 5.73 Å². The fourth-order valence-corrected chi connectivity index (χ4v) is 3.17. The lowest BCUT2D eigenvalue weighted by molar-refractivity contribution is 1.43. The van der Waals surface area contributed by atoms with Crippen LogP contribution in [0.1, 0.15) is 0 Å². The summed E-state index contributed by atoms with van der Waals surface area (Å²) in [5, 5.41) is 2.50. The van der Waals surface area contributed by atoms with Gasteiger partial charge in [-0.05, 0) is 22.0 Å². The van der Waals surface area contributed by atoms with Gasteiger partial charge in [0.15, 0.2) is 5.13 Å². The Labute approximate surface area is 96.5 Å². The molecule has 6 heteroatoms. The fourth-order valence-electron chi connectivity index (χ4n) is 0.874. The SMILES string of the molecule is Nc1nc(-c2cc(Br)c(Cl)s2)cs1. The van der Waals surface area contributed by atoms with E-state index < -0.39 is 0 Å². The van der Waals surface area contributed by atoms with Gasteiger partial charge in [0.1, 0.15) is 4.34 Å². The van der Waals surface area contributed by atoms with Gasteiger partial charge in [0.05, 0.1) is 10.6 Å². The highest BCUT2D eigenvalue weighted by Crippen LogP contribution is 2.38. The maximum Gasteiger partial charge on any atom is 0.180 e. The van der Waals surface area contributed by atoms with E-state index in [4.69, 9.17) is 17.3 Å². The molecule has 0 unspecified atom stereocenters. The van der Waals surface area contributed by atoms with Gasteiger partial charge in [0, 0.05) is 9.85 Å². The first-order valence-electron chi connectivity index (χ1n) is 3.33. The first-order chi connectivity index (χ1) is 6.16. The summed E-state index contributed by atoms with van der Waals surface area (Å²) in [7, 11) is 0. The lowest BCUT2D eigenvalue weighted by atomic mass is 10.4. The Balaban J connectivity index is 2.46. The molecule has 68 valence electrons. The second-order valence-corrected chi connectivity index (χ2v) is 5.70. The molecule has 2 aromatic heterocycles. The molecule has 0 radical (unpaired) electrons. The van der Waals surface area contributed by atoms with Crippen molar-refractivity contribution in [3.05, 3.63) is 20.3 Å². The third-order valence-electron chi connectivity index (χ3n) is 1.42. The van der Waals surface area contributed by atoms with E-state index >= 15 is 0 Å². The zero-order valence-corrected chi connectivity index (χ0v) is 10.2. The highest BCUT2D eigenvalue weighted by Gasteiger charge is 2.08. The number of halogens is 2. The van der Waals surface area contributed by atoms with E-state index in [1.807, 2.05) is 11.4 Å². The molecule has 0 aliphatic heterocycles. The number of aromatic nitrogens is 1. The lowest BCUT2D eigenvalue weighted by Crippen LogP contribution is -1.80. The molecule has 0 atom stereocenters. The van der Waals surface area contributed by atoms with Crippen LogP contribution in [0.15, 0.2) is 15.9 Å². The number of hydrogen-bond donors (Lipinski definition) is 1. The summed E-state index contributed by atoms with van der Waals surface area (Å²) >= 11 is 12.2. The summed E-state index contributed by atoms with van der Waals surface area (Å²) in [5.74, 6) is 0. The van der Waals surface area contributed by atoms with Crippen LogP contribution in [-0.2, 0) is 0 Å². The Kier molecular flexibility index (Phi) is 2.60. The quantitative estimate of drug-likeness (QED) is 0.867. The first kappa shape index (κ1) is 9.45. The van der Waals surface area contributed by atoms with Crippen LogP contribution >= 0.6 is 50.2 Å². The van der Waals surface area contributed by atoms with Crippen molar-refractivity contribution in [3.63, 3.8) is 0 Å². The second-order valence-electron chi connectivity index (χ2n) is 2.30. The Hall–Kier alpha value is -0.100. The van der Waals surface area contributed by atoms with E-state index in [9.17, 15) is 0 Å². The van der Waals surface area contributed by atoms with E-state index in [1.165, 1.54) is 22.7 Å². The van der Waals surface area contributed by atoms with Crippen molar-refractivity contribution in [1.82, 2.24) is 4.98 Å². The monoisotopic (exact) mass is 294 g/mol. The minimum atomic E-state index is 0.579. The third kappa shape index (κ3) is 1.88. The van der Waals surface area contributed by atoms with Gasteiger partial charge in [-0.2, -0.15) is 0 Å². The third-order valence-corrected chi connectivity index (χ3v) is 4.59. The average Bonchev–Trinajstić information content (AvgIpc) is 2.61. The van der Waals surface area contributed by atoms with E-state index in [2.05, 4.69) is 20.9 Å². The molecular weight excluding hydrogens is 292 g/mol. The first-order valence-corrected chi connectivity index (χ1v) is 6.20. The van der Waals surface area contributed by atoms with Crippen molar-refractivity contribution in [1.29, 1.82) is 0 Å². The average molecular weight is 296 g/mol. The van der Waals surface area contributed by atoms with E-state index in [-0.39, 0.29) is 0 Å². The maximum absolute atomic E-state index is 5.90. The second kappa shape index (κ2) is 3.57. The Morgan fingerprint density at radius 3 is 2.77 bits per heavy atom. The lowest BCUT2D eigenvalue weighted by Gasteiger charge is -1.85. The largest absolute Gasteiger partial charge is 0.375 e. The van der Waals surface area contributed by atoms with E-state index in [0.29, 0.717) is 5.13 Å². The minimum absolute atomic E-state index is 0.579. The zero-order valence-electron chi connectivity index (χ0n) is 6.25. The number of thiophene rings is 1. The van der Waals surface area contributed by atoms with Gasteiger partial charge in [0.2, 0.25) is 0 Å². The molecule has 2 heterocycles. The van der Waals surface area contributed by atoms with Crippen LogP contribution in [0.5, 0.6) is 0 Å². The molecule has 13 heavy (non-hydrogen) atoms. The van der Waals surface area contributed by atoms with Crippen LogP contribution < -0.4 is 5.73 Å². The summed E-state index contributed by atoms with van der Waals surface area (Å²) in [4.78, 5) is 5.19. The standard InChI is InChI=1S/C7H4BrClN2S2/c8-3-1-5(13-6(3)9)4-2-12-7(10)11-4/h1-2H,(H2,10,11). The van der Waals surface area contributed by atoms with Crippen LogP contribution in [0, 0.1) is 0 Å². The summed E-state index contributed by atoms with van der Waals surface area (Å²) in [6, 6.07) is 1.95. The molecule has 0 amide bonds. The summed E-state index contributed by atoms with van der Waals surface area (Å²) in [6.45, 7) is 0. The van der Waals surface area contributed by atoms with Crippen LogP contribution in [0.2, 0.25) is 4.34 Å². The molecule has 0 fully saturated rings. The molecule has 0 aliphatic carbocycles. The molecule has 0 aliphatic rings. The van der Waals surface area contributed by atoms with Crippen molar-refractivity contribution in [2.45, 2.75) is 0 Å². The van der Waals surface area contributed by atoms with E-state index in [1.54, 1.807) is 0 Å². The van der Waals surface area contributed by atoms with Gasteiger partial charge in [-0.1, -0.05) is 11.6 Å². The van der Waals surface area contributed by atoms with Crippen molar-refractivity contribution in [3.8, 4) is 10.6 Å². The smallest absolute Gasteiger partial charge is 0.180 e. The number of hydrogen-bond acceptors (Lipinski definition) is 4.